The molecule has 7 heteroatoms. The number of hydrogen-bond acceptors (Lipinski definition) is 4. The van der Waals surface area contributed by atoms with Gasteiger partial charge in [0.05, 0.1) is 17.9 Å². The summed E-state index contributed by atoms with van der Waals surface area (Å²) in [6.07, 6.45) is 5.70. The lowest BCUT2D eigenvalue weighted by Crippen LogP contribution is -2.35. The van der Waals surface area contributed by atoms with Crippen molar-refractivity contribution < 1.29 is 4.79 Å². The summed E-state index contributed by atoms with van der Waals surface area (Å²) in [5.41, 5.74) is 7.63. The van der Waals surface area contributed by atoms with Crippen LogP contribution < -0.4 is 5.73 Å². The first kappa shape index (κ1) is 13.7. The van der Waals surface area contributed by atoms with Crippen LogP contribution in [-0.4, -0.2) is 36.2 Å². The van der Waals surface area contributed by atoms with Gasteiger partial charge in [0, 0.05) is 32.5 Å². The molecule has 1 amide bonds. The van der Waals surface area contributed by atoms with E-state index in [-0.39, 0.29) is 11.9 Å². The molecule has 2 N–H and O–H groups in total. The van der Waals surface area contributed by atoms with Gasteiger partial charge in [0.2, 0.25) is 0 Å². The fourth-order valence-corrected chi connectivity index (χ4v) is 2.52. The Morgan fingerprint density at radius 1 is 1.48 bits per heavy atom. The average molecular weight is 288 g/mol. The highest BCUT2D eigenvalue weighted by molar-refractivity contribution is 5.98. The van der Waals surface area contributed by atoms with Crippen molar-refractivity contribution in [3.8, 4) is 0 Å². The second-order valence-electron chi connectivity index (χ2n) is 5.59. The van der Waals surface area contributed by atoms with Gasteiger partial charge in [0.1, 0.15) is 11.5 Å². The number of aryl methyl sites for hydroxylation is 3. The molecule has 0 radical (unpaired) electrons. The normalized spacial score (nSPS) is 14.4. The van der Waals surface area contributed by atoms with E-state index in [9.17, 15) is 4.79 Å². The van der Waals surface area contributed by atoms with Crippen LogP contribution in [0.2, 0.25) is 0 Å². The van der Waals surface area contributed by atoms with E-state index in [4.69, 9.17) is 5.73 Å². The second kappa shape index (κ2) is 4.91. The number of hydrogen-bond donors (Lipinski definition) is 1. The molecular weight excluding hydrogens is 268 g/mol. The molecule has 0 aromatic carbocycles. The van der Waals surface area contributed by atoms with Crippen molar-refractivity contribution in [3.63, 3.8) is 0 Å². The Morgan fingerprint density at radius 2 is 2.19 bits per heavy atom. The molecule has 1 aliphatic rings. The van der Waals surface area contributed by atoms with E-state index in [1.165, 1.54) is 0 Å². The van der Waals surface area contributed by atoms with Crippen molar-refractivity contribution in [3.05, 3.63) is 29.6 Å². The number of carbonyl (C=O) groups is 1. The van der Waals surface area contributed by atoms with Crippen LogP contribution in [0.15, 0.2) is 12.4 Å². The highest BCUT2D eigenvalue weighted by atomic mass is 16.2. The van der Waals surface area contributed by atoms with Gasteiger partial charge in [0.15, 0.2) is 0 Å². The van der Waals surface area contributed by atoms with E-state index in [1.807, 2.05) is 29.6 Å². The number of nitrogens with two attached hydrogens (primary N) is 1. The number of carbonyl (C=O) groups excluding carboxylic acids is 1. The number of nitrogen functional groups attached to an aromatic ring is 1. The molecule has 0 unspecified atom stereocenters. The Kier molecular flexibility index (Phi) is 3.19. The van der Waals surface area contributed by atoms with E-state index in [1.54, 1.807) is 17.9 Å². The Balaban J connectivity index is 1.90. The zero-order valence-electron chi connectivity index (χ0n) is 12.6. The first-order valence-electron chi connectivity index (χ1n) is 7.05. The van der Waals surface area contributed by atoms with Gasteiger partial charge in [-0.15, -0.1) is 0 Å². The molecule has 0 atom stereocenters. The van der Waals surface area contributed by atoms with Crippen LogP contribution in [0.4, 0.5) is 5.69 Å². The molecule has 2 heterocycles. The fraction of sp³-hybridized carbons (Fsp3) is 0.500. The number of amides is 1. The first-order chi connectivity index (χ1) is 9.99. The Morgan fingerprint density at radius 3 is 2.67 bits per heavy atom. The number of aromatic nitrogens is 4. The minimum absolute atomic E-state index is 0.0684. The number of rotatable bonds is 4. The summed E-state index contributed by atoms with van der Waals surface area (Å²) in [5, 5.41) is 4.23. The predicted octanol–water partition coefficient (Wildman–Crippen LogP) is 0.849. The topological polar surface area (TPSA) is 82.0 Å². The summed E-state index contributed by atoms with van der Waals surface area (Å²) in [7, 11) is 3.68. The molecule has 0 aliphatic heterocycles. The quantitative estimate of drug-likeness (QED) is 0.904. The molecule has 21 heavy (non-hydrogen) atoms. The molecule has 2 aromatic heterocycles. The second-order valence-corrected chi connectivity index (χ2v) is 5.59. The van der Waals surface area contributed by atoms with Gasteiger partial charge in [-0.1, -0.05) is 0 Å². The summed E-state index contributed by atoms with van der Waals surface area (Å²) in [4.78, 5) is 19.0. The summed E-state index contributed by atoms with van der Waals surface area (Å²) in [6.45, 7) is 2.31. The van der Waals surface area contributed by atoms with Crippen LogP contribution in [0.25, 0.3) is 0 Å². The van der Waals surface area contributed by atoms with E-state index < -0.39 is 0 Å². The molecule has 2 aromatic rings. The van der Waals surface area contributed by atoms with E-state index in [0.29, 0.717) is 23.6 Å². The van der Waals surface area contributed by atoms with Crippen molar-refractivity contribution in [2.24, 2.45) is 14.1 Å². The lowest BCUT2D eigenvalue weighted by molar-refractivity contribution is 0.0714. The monoisotopic (exact) mass is 288 g/mol. The average Bonchev–Trinajstić information content (AvgIpc) is 3.14. The maximum Gasteiger partial charge on any atom is 0.274 e. The number of anilines is 1. The van der Waals surface area contributed by atoms with Gasteiger partial charge in [-0.2, -0.15) is 5.10 Å². The molecule has 7 nitrogen and oxygen atoms in total. The molecule has 0 spiro atoms. The van der Waals surface area contributed by atoms with Gasteiger partial charge in [-0.05, 0) is 19.8 Å². The standard InChI is InChI=1S/C14H20N6O/c1-9-12(15)13(19(3)17-9)14(21)20(10-4-5-10)8-11-16-6-7-18(11)2/h6-7,10H,4-5,8,15H2,1-3H3. The van der Waals surface area contributed by atoms with Gasteiger partial charge >= 0.3 is 0 Å². The molecule has 0 bridgehead atoms. The van der Waals surface area contributed by atoms with E-state index >= 15 is 0 Å². The van der Waals surface area contributed by atoms with Crippen LogP contribution in [0.1, 0.15) is 34.8 Å². The van der Waals surface area contributed by atoms with Crippen LogP contribution in [0, 0.1) is 6.92 Å². The van der Waals surface area contributed by atoms with Gasteiger partial charge in [-0.25, -0.2) is 4.98 Å². The fourth-order valence-electron chi connectivity index (χ4n) is 2.52. The van der Waals surface area contributed by atoms with Gasteiger partial charge in [-0.3, -0.25) is 9.48 Å². The lowest BCUT2D eigenvalue weighted by Gasteiger charge is -2.22. The number of nitrogens with zero attached hydrogens (tertiary/aromatic N) is 5. The highest BCUT2D eigenvalue weighted by Crippen LogP contribution is 2.30. The predicted molar refractivity (Wildman–Crippen MR) is 78.5 cm³/mol. The van der Waals surface area contributed by atoms with Gasteiger partial charge in [0.25, 0.3) is 5.91 Å². The first-order valence-corrected chi connectivity index (χ1v) is 7.05. The van der Waals surface area contributed by atoms with Crippen LogP contribution >= 0.6 is 0 Å². The number of imidazole rings is 1. The smallest absolute Gasteiger partial charge is 0.274 e. The van der Waals surface area contributed by atoms with Crippen molar-refractivity contribution in [1.82, 2.24) is 24.2 Å². The van der Waals surface area contributed by atoms with Crippen molar-refractivity contribution in [2.75, 3.05) is 5.73 Å². The summed E-state index contributed by atoms with van der Waals surface area (Å²) >= 11 is 0. The highest BCUT2D eigenvalue weighted by Gasteiger charge is 2.36. The Bertz CT molecular complexity index is 682. The summed E-state index contributed by atoms with van der Waals surface area (Å²) in [5.74, 6) is 0.800. The van der Waals surface area contributed by atoms with Crippen molar-refractivity contribution in [1.29, 1.82) is 0 Å². The van der Waals surface area contributed by atoms with E-state index in [0.717, 1.165) is 18.7 Å². The SMILES string of the molecule is Cc1nn(C)c(C(=O)N(Cc2nccn2C)C2CC2)c1N. The van der Waals surface area contributed by atoms with Crippen molar-refractivity contribution >= 4 is 11.6 Å². The molecule has 1 saturated carbocycles. The van der Waals surface area contributed by atoms with Gasteiger partial charge < -0.3 is 15.2 Å². The summed E-state index contributed by atoms with van der Waals surface area (Å²) in [6, 6.07) is 0.281. The molecular formula is C14H20N6O. The summed E-state index contributed by atoms with van der Waals surface area (Å²) < 4.78 is 3.50. The Hall–Kier alpha value is -2.31. The zero-order chi connectivity index (χ0) is 15.1. The largest absolute Gasteiger partial charge is 0.395 e. The molecule has 1 fully saturated rings. The van der Waals surface area contributed by atoms with E-state index in [2.05, 4.69) is 10.1 Å². The van der Waals surface area contributed by atoms with Crippen LogP contribution in [-0.2, 0) is 20.6 Å². The third kappa shape index (κ3) is 2.39. The Labute approximate surface area is 123 Å². The maximum atomic E-state index is 12.9. The molecule has 0 saturated heterocycles. The molecule has 112 valence electrons. The third-order valence-corrected chi connectivity index (χ3v) is 3.95. The molecule has 1 aliphatic carbocycles. The zero-order valence-corrected chi connectivity index (χ0v) is 12.6. The van der Waals surface area contributed by atoms with Crippen LogP contribution in [0.3, 0.4) is 0 Å². The third-order valence-electron chi connectivity index (χ3n) is 3.95. The lowest BCUT2D eigenvalue weighted by atomic mass is 10.2. The maximum absolute atomic E-state index is 12.9. The van der Waals surface area contributed by atoms with Crippen LogP contribution in [0.5, 0.6) is 0 Å². The molecule has 3 rings (SSSR count). The van der Waals surface area contributed by atoms with Crippen molar-refractivity contribution in [2.45, 2.75) is 32.4 Å². The minimum atomic E-state index is -0.0684. The minimum Gasteiger partial charge on any atom is -0.395 e.